The van der Waals surface area contributed by atoms with Gasteiger partial charge in [0.15, 0.2) is 0 Å². The first-order chi connectivity index (χ1) is 9.99. The molecule has 0 bridgehead atoms. The highest BCUT2D eigenvalue weighted by Crippen LogP contribution is 2.27. The molecule has 0 aliphatic heterocycles. The molecular weight excluding hydrogens is 356 g/mol. The predicted molar refractivity (Wildman–Crippen MR) is 90.8 cm³/mol. The van der Waals surface area contributed by atoms with Crippen molar-refractivity contribution >= 4 is 51.1 Å². The molecule has 0 saturated carbocycles. The fraction of sp³-hybridized carbons (Fsp3) is 0.308. The van der Waals surface area contributed by atoms with Crippen molar-refractivity contribution in [3.63, 3.8) is 0 Å². The van der Waals surface area contributed by atoms with Crippen LogP contribution in [-0.4, -0.2) is 35.6 Å². The zero-order valence-electron chi connectivity index (χ0n) is 12.0. The van der Waals surface area contributed by atoms with Gasteiger partial charge < -0.3 is 15.5 Å². The van der Waals surface area contributed by atoms with Gasteiger partial charge in [-0.3, -0.25) is 0 Å². The molecule has 0 unspecified atom stereocenters. The molecule has 1 heterocycles. The van der Waals surface area contributed by atoms with E-state index in [9.17, 15) is 0 Å². The van der Waals surface area contributed by atoms with Gasteiger partial charge in [0.25, 0.3) is 0 Å². The molecule has 1 aromatic heterocycles. The van der Waals surface area contributed by atoms with Crippen LogP contribution in [0.3, 0.4) is 0 Å². The molecule has 0 radical (unpaired) electrons. The molecule has 8 heteroatoms. The Morgan fingerprint density at radius 2 is 1.90 bits per heavy atom. The highest BCUT2D eigenvalue weighted by molar-refractivity contribution is 9.10. The highest BCUT2D eigenvalue weighted by atomic mass is 79.9. The Morgan fingerprint density at radius 1 is 1.19 bits per heavy atom. The molecule has 2 rings (SSSR count). The van der Waals surface area contributed by atoms with Crippen LogP contribution in [0.15, 0.2) is 22.7 Å². The number of benzene rings is 1. The molecule has 1 aromatic carbocycles. The van der Waals surface area contributed by atoms with Crippen molar-refractivity contribution in [2.75, 3.05) is 36.2 Å². The van der Waals surface area contributed by atoms with Crippen LogP contribution >= 0.6 is 27.5 Å². The standard InChI is InChI=1S/C13H16BrClN6/c1-4-16-11-18-12(20-13(19-11)21(2)3)17-8-5-6-9(14)10(15)7-8/h5-7H,4H2,1-3H3,(H2,16,17,18,19,20). The lowest BCUT2D eigenvalue weighted by Crippen LogP contribution is -2.16. The van der Waals surface area contributed by atoms with Gasteiger partial charge in [-0.05, 0) is 41.1 Å². The quantitative estimate of drug-likeness (QED) is 0.838. The van der Waals surface area contributed by atoms with Gasteiger partial charge in [0.1, 0.15) is 0 Å². The number of halogens is 2. The fourth-order valence-corrected chi connectivity index (χ4v) is 1.99. The SMILES string of the molecule is CCNc1nc(Nc2ccc(Br)c(Cl)c2)nc(N(C)C)n1. The molecule has 2 aromatic rings. The molecular formula is C13H16BrClN6. The first-order valence-electron chi connectivity index (χ1n) is 6.39. The normalized spacial score (nSPS) is 10.3. The number of nitrogens with zero attached hydrogens (tertiary/aromatic N) is 4. The summed E-state index contributed by atoms with van der Waals surface area (Å²) in [4.78, 5) is 14.8. The molecule has 0 fully saturated rings. The van der Waals surface area contributed by atoms with Crippen LogP contribution in [-0.2, 0) is 0 Å². The summed E-state index contributed by atoms with van der Waals surface area (Å²) in [6.07, 6.45) is 0. The second-order valence-electron chi connectivity index (χ2n) is 4.46. The van der Waals surface area contributed by atoms with Gasteiger partial charge in [-0.2, -0.15) is 15.0 Å². The molecule has 0 amide bonds. The van der Waals surface area contributed by atoms with Crippen LogP contribution in [0, 0.1) is 0 Å². The summed E-state index contributed by atoms with van der Waals surface area (Å²) in [5.74, 6) is 1.57. The average Bonchev–Trinajstić information content (AvgIpc) is 2.43. The van der Waals surface area contributed by atoms with E-state index in [2.05, 4.69) is 41.5 Å². The minimum absolute atomic E-state index is 0.461. The topological polar surface area (TPSA) is 66.0 Å². The summed E-state index contributed by atoms with van der Waals surface area (Å²) >= 11 is 9.44. The van der Waals surface area contributed by atoms with Crippen LogP contribution in [0.2, 0.25) is 5.02 Å². The van der Waals surface area contributed by atoms with Crippen LogP contribution < -0.4 is 15.5 Å². The molecule has 0 atom stereocenters. The average molecular weight is 372 g/mol. The van der Waals surface area contributed by atoms with E-state index in [1.807, 2.05) is 38.1 Å². The second kappa shape index (κ2) is 6.91. The van der Waals surface area contributed by atoms with Crippen LogP contribution in [0.25, 0.3) is 0 Å². The van der Waals surface area contributed by atoms with Crippen molar-refractivity contribution in [2.24, 2.45) is 0 Å². The van der Waals surface area contributed by atoms with E-state index in [1.165, 1.54) is 0 Å². The molecule has 6 nitrogen and oxygen atoms in total. The van der Waals surface area contributed by atoms with E-state index in [0.717, 1.165) is 16.7 Å². The molecule has 2 N–H and O–H groups in total. The van der Waals surface area contributed by atoms with Crippen LogP contribution in [0.1, 0.15) is 6.92 Å². The molecule has 0 aliphatic rings. The Labute approximate surface area is 137 Å². The number of aromatic nitrogens is 3. The van der Waals surface area contributed by atoms with Crippen molar-refractivity contribution in [2.45, 2.75) is 6.92 Å². The summed E-state index contributed by atoms with van der Waals surface area (Å²) in [6, 6.07) is 5.56. The zero-order valence-corrected chi connectivity index (χ0v) is 14.3. The highest BCUT2D eigenvalue weighted by Gasteiger charge is 2.08. The number of anilines is 4. The maximum Gasteiger partial charge on any atom is 0.233 e. The Bertz CT molecular complexity index is 634. The summed E-state index contributed by atoms with van der Waals surface area (Å²) in [5.41, 5.74) is 0.807. The lowest BCUT2D eigenvalue weighted by molar-refractivity contribution is 0.953. The Morgan fingerprint density at radius 3 is 2.52 bits per heavy atom. The lowest BCUT2D eigenvalue weighted by atomic mass is 10.3. The Kier molecular flexibility index (Phi) is 5.19. The third-order valence-corrected chi connectivity index (χ3v) is 3.77. The van der Waals surface area contributed by atoms with E-state index in [4.69, 9.17) is 11.6 Å². The van der Waals surface area contributed by atoms with Gasteiger partial charge in [0, 0.05) is 30.8 Å². The van der Waals surface area contributed by atoms with Gasteiger partial charge in [-0.1, -0.05) is 11.6 Å². The van der Waals surface area contributed by atoms with E-state index in [0.29, 0.717) is 22.9 Å². The van der Waals surface area contributed by atoms with Gasteiger partial charge in [0.2, 0.25) is 17.8 Å². The molecule has 0 spiro atoms. The monoisotopic (exact) mass is 370 g/mol. The van der Waals surface area contributed by atoms with E-state index in [1.54, 1.807) is 6.07 Å². The fourth-order valence-electron chi connectivity index (χ4n) is 1.56. The van der Waals surface area contributed by atoms with E-state index in [-0.39, 0.29) is 0 Å². The first kappa shape index (κ1) is 15.8. The first-order valence-corrected chi connectivity index (χ1v) is 7.56. The van der Waals surface area contributed by atoms with Crippen molar-refractivity contribution in [1.82, 2.24) is 15.0 Å². The summed E-state index contributed by atoms with van der Waals surface area (Å²) in [6.45, 7) is 2.72. The Hall–Kier alpha value is -1.60. The minimum Gasteiger partial charge on any atom is -0.354 e. The molecule has 112 valence electrons. The van der Waals surface area contributed by atoms with Gasteiger partial charge in [0.05, 0.1) is 5.02 Å². The summed E-state index contributed by atoms with van der Waals surface area (Å²) < 4.78 is 0.840. The van der Waals surface area contributed by atoms with E-state index < -0.39 is 0 Å². The largest absolute Gasteiger partial charge is 0.354 e. The molecule has 21 heavy (non-hydrogen) atoms. The molecule has 0 aliphatic carbocycles. The number of rotatable bonds is 5. The maximum atomic E-state index is 6.08. The smallest absolute Gasteiger partial charge is 0.233 e. The van der Waals surface area contributed by atoms with Crippen LogP contribution in [0.5, 0.6) is 0 Å². The van der Waals surface area contributed by atoms with Crippen molar-refractivity contribution in [1.29, 1.82) is 0 Å². The third kappa shape index (κ3) is 4.18. The third-order valence-electron chi connectivity index (χ3n) is 2.53. The van der Waals surface area contributed by atoms with Crippen molar-refractivity contribution < 1.29 is 0 Å². The Balaban J connectivity index is 2.31. The summed E-state index contributed by atoms with van der Waals surface area (Å²) in [5, 5.41) is 6.84. The van der Waals surface area contributed by atoms with Gasteiger partial charge in [-0.25, -0.2) is 0 Å². The number of hydrogen-bond acceptors (Lipinski definition) is 6. The predicted octanol–water partition coefficient (Wildman–Crippen LogP) is 3.53. The molecule has 0 saturated heterocycles. The van der Waals surface area contributed by atoms with Crippen LogP contribution in [0.4, 0.5) is 23.5 Å². The van der Waals surface area contributed by atoms with Gasteiger partial charge in [-0.15, -0.1) is 0 Å². The second-order valence-corrected chi connectivity index (χ2v) is 5.72. The zero-order chi connectivity index (χ0) is 15.4. The van der Waals surface area contributed by atoms with E-state index >= 15 is 0 Å². The van der Waals surface area contributed by atoms with Crippen molar-refractivity contribution in [3.8, 4) is 0 Å². The number of nitrogens with one attached hydrogen (secondary N) is 2. The summed E-state index contributed by atoms with van der Waals surface area (Å²) in [7, 11) is 3.76. The number of hydrogen-bond donors (Lipinski definition) is 2. The lowest BCUT2D eigenvalue weighted by Gasteiger charge is -2.14. The van der Waals surface area contributed by atoms with Gasteiger partial charge >= 0.3 is 0 Å². The maximum absolute atomic E-state index is 6.08. The minimum atomic E-state index is 0.461. The van der Waals surface area contributed by atoms with Crippen molar-refractivity contribution in [3.05, 3.63) is 27.7 Å².